The highest BCUT2D eigenvalue weighted by Crippen LogP contribution is 2.15. The highest BCUT2D eigenvalue weighted by Gasteiger charge is 2.07. The first-order valence-electron chi connectivity index (χ1n) is 6.44. The monoisotopic (exact) mass is 306 g/mol. The van der Waals surface area contributed by atoms with Gasteiger partial charge in [0.05, 0.1) is 4.90 Å². The van der Waals surface area contributed by atoms with Gasteiger partial charge in [-0.25, -0.2) is 13.4 Å². The maximum Gasteiger partial charge on any atom is 0.224 e. The van der Waals surface area contributed by atoms with Crippen LogP contribution >= 0.6 is 0 Å². The van der Waals surface area contributed by atoms with Gasteiger partial charge < -0.3 is 10.6 Å². The first-order valence-corrected chi connectivity index (χ1v) is 8.33. The number of aryl methyl sites for hydroxylation is 1. The van der Waals surface area contributed by atoms with E-state index in [1.165, 1.54) is 6.26 Å². The first-order chi connectivity index (χ1) is 9.90. The molecule has 0 aliphatic carbocycles. The second-order valence-electron chi connectivity index (χ2n) is 4.74. The number of hydrogen-bond acceptors (Lipinski definition) is 6. The molecule has 1 aromatic carbocycles. The van der Waals surface area contributed by atoms with Crippen molar-refractivity contribution in [3.05, 3.63) is 41.6 Å². The summed E-state index contributed by atoms with van der Waals surface area (Å²) in [5.41, 5.74) is 1.92. The Kier molecular flexibility index (Phi) is 4.42. The quantitative estimate of drug-likeness (QED) is 0.877. The Morgan fingerprint density at radius 1 is 1.19 bits per heavy atom. The van der Waals surface area contributed by atoms with Gasteiger partial charge in [-0.3, -0.25) is 0 Å². The maximum atomic E-state index is 11.4. The van der Waals surface area contributed by atoms with E-state index in [1.807, 2.05) is 6.92 Å². The van der Waals surface area contributed by atoms with Crippen LogP contribution in [0.1, 0.15) is 11.1 Å². The summed E-state index contributed by atoms with van der Waals surface area (Å²) in [6, 6.07) is 6.80. The van der Waals surface area contributed by atoms with Crippen molar-refractivity contribution in [1.82, 2.24) is 9.97 Å². The molecular weight excluding hydrogens is 288 g/mol. The predicted octanol–water partition coefficient (Wildman–Crippen LogP) is 1.84. The molecular formula is C14H18N4O2S. The minimum absolute atomic E-state index is 0.321. The number of aromatic nitrogens is 2. The van der Waals surface area contributed by atoms with Crippen LogP contribution < -0.4 is 10.6 Å². The highest BCUT2D eigenvalue weighted by molar-refractivity contribution is 7.90. The van der Waals surface area contributed by atoms with E-state index in [9.17, 15) is 8.42 Å². The fraction of sp³-hybridized carbons (Fsp3) is 0.286. The van der Waals surface area contributed by atoms with E-state index >= 15 is 0 Å². The SMILES string of the molecule is CNc1ncc(C)c(NCc2ccc(S(C)(=O)=O)cc2)n1. The van der Waals surface area contributed by atoms with E-state index in [0.29, 0.717) is 17.4 Å². The lowest BCUT2D eigenvalue weighted by molar-refractivity contribution is 0.602. The van der Waals surface area contributed by atoms with Gasteiger partial charge in [0.25, 0.3) is 0 Å². The van der Waals surface area contributed by atoms with Crippen molar-refractivity contribution in [1.29, 1.82) is 0 Å². The van der Waals surface area contributed by atoms with E-state index in [-0.39, 0.29) is 0 Å². The second kappa shape index (κ2) is 6.09. The molecule has 0 fully saturated rings. The van der Waals surface area contributed by atoms with E-state index in [4.69, 9.17) is 0 Å². The maximum absolute atomic E-state index is 11.4. The van der Waals surface area contributed by atoms with E-state index in [2.05, 4.69) is 20.6 Å². The Morgan fingerprint density at radius 2 is 1.86 bits per heavy atom. The Bertz CT molecular complexity index is 727. The Labute approximate surface area is 124 Å². The minimum Gasteiger partial charge on any atom is -0.366 e. The smallest absolute Gasteiger partial charge is 0.224 e. The highest BCUT2D eigenvalue weighted by atomic mass is 32.2. The van der Waals surface area contributed by atoms with Gasteiger partial charge in [0, 0.05) is 31.6 Å². The fourth-order valence-electron chi connectivity index (χ4n) is 1.78. The summed E-state index contributed by atoms with van der Waals surface area (Å²) in [5.74, 6) is 1.30. The van der Waals surface area contributed by atoms with Gasteiger partial charge in [0.1, 0.15) is 5.82 Å². The van der Waals surface area contributed by atoms with Crippen LogP contribution in [0.3, 0.4) is 0 Å². The Hall–Kier alpha value is -2.15. The number of nitrogens with zero attached hydrogens (tertiary/aromatic N) is 2. The molecule has 1 aromatic heterocycles. The molecule has 112 valence electrons. The summed E-state index contributed by atoms with van der Waals surface area (Å²) < 4.78 is 22.8. The molecule has 0 unspecified atom stereocenters. The third-order valence-corrected chi connectivity index (χ3v) is 4.14. The molecule has 0 spiro atoms. The van der Waals surface area contributed by atoms with Gasteiger partial charge in [0.2, 0.25) is 5.95 Å². The fourth-order valence-corrected chi connectivity index (χ4v) is 2.41. The van der Waals surface area contributed by atoms with Crippen molar-refractivity contribution in [3.63, 3.8) is 0 Å². The average molecular weight is 306 g/mol. The summed E-state index contributed by atoms with van der Waals surface area (Å²) in [6.45, 7) is 2.49. The van der Waals surface area contributed by atoms with Gasteiger partial charge in [-0.2, -0.15) is 4.98 Å². The molecule has 0 saturated heterocycles. The zero-order valence-corrected chi connectivity index (χ0v) is 13.0. The number of hydrogen-bond donors (Lipinski definition) is 2. The molecule has 0 atom stereocenters. The molecule has 1 heterocycles. The van der Waals surface area contributed by atoms with Crippen LogP contribution in [0.2, 0.25) is 0 Å². The number of anilines is 2. The van der Waals surface area contributed by atoms with Crippen LogP contribution in [0.15, 0.2) is 35.4 Å². The molecule has 0 amide bonds. The molecule has 21 heavy (non-hydrogen) atoms. The number of nitrogens with one attached hydrogen (secondary N) is 2. The lowest BCUT2D eigenvalue weighted by Gasteiger charge is -2.10. The Balaban J connectivity index is 2.10. The number of benzene rings is 1. The molecule has 0 bridgehead atoms. The molecule has 2 N–H and O–H groups in total. The topological polar surface area (TPSA) is 84.0 Å². The van der Waals surface area contributed by atoms with Gasteiger partial charge in [-0.05, 0) is 24.6 Å². The molecule has 2 rings (SSSR count). The van der Waals surface area contributed by atoms with Crippen LogP contribution in [0.25, 0.3) is 0 Å². The molecule has 0 radical (unpaired) electrons. The van der Waals surface area contributed by atoms with Crippen LogP contribution in [0, 0.1) is 6.92 Å². The summed E-state index contributed by atoms with van der Waals surface area (Å²) in [6.07, 6.45) is 2.94. The van der Waals surface area contributed by atoms with Crippen molar-refractivity contribution in [2.45, 2.75) is 18.4 Å². The van der Waals surface area contributed by atoms with Crippen molar-refractivity contribution in [2.24, 2.45) is 0 Å². The van der Waals surface area contributed by atoms with E-state index in [1.54, 1.807) is 37.5 Å². The number of rotatable bonds is 5. The lowest BCUT2D eigenvalue weighted by atomic mass is 10.2. The zero-order valence-electron chi connectivity index (χ0n) is 12.2. The predicted molar refractivity (Wildman–Crippen MR) is 83.2 cm³/mol. The van der Waals surface area contributed by atoms with Crippen LogP contribution in [0.5, 0.6) is 0 Å². The van der Waals surface area contributed by atoms with Crippen molar-refractivity contribution < 1.29 is 8.42 Å². The average Bonchev–Trinajstić information content (AvgIpc) is 2.46. The Morgan fingerprint density at radius 3 is 2.43 bits per heavy atom. The molecule has 0 aliphatic rings. The standard InChI is InChI=1S/C14H18N4O2S/c1-10-8-17-14(15-2)18-13(10)16-9-11-4-6-12(7-5-11)21(3,19)20/h4-8H,9H2,1-3H3,(H2,15,16,17,18). The summed E-state index contributed by atoms with van der Waals surface area (Å²) >= 11 is 0. The van der Waals surface area contributed by atoms with Gasteiger partial charge in [0.15, 0.2) is 9.84 Å². The van der Waals surface area contributed by atoms with Crippen LogP contribution in [-0.4, -0.2) is 31.7 Å². The summed E-state index contributed by atoms with van der Waals surface area (Å²) in [5, 5.41) is 6.11. The van der Waals surface area contributed by atoms with Gasteiger partial charge in [-0.15, -0.1) is 0 Å². The van der Waals surface area contributed by atoms with Crippen molar-refractivity contribution in [3.8, 4) is 0 Å². The third kappa shape index (κ3) is 3.91. The summed E-state index contributed by atoms with van der Waals surface area (Å²) in [7, 11) is -1.39. The minimum atomic E-state index is -3.15. The second-order valence-corrected chi connectivity index (χ2v) is 6.76. The van der Waals surface area contributed by atoms with E-state index < -0.39 is 9.84 Å². The van der Waals surface area contributed by atoms with Crippen LogP contribution in [-0.2, 0) is 16.4 Å². The molecule has 0 saturated carbocycles. The van der Waals surface area contributed by atoms with Crippen molar-refractivity contribution >= 4 is 21.6 Å². The van der Waals surface area contributed by atoms with Crippen LogP contribution in [0.4, 0.5) is 11.8 Å². The summed E-state index contributed by atoms with van der Waals surface area (Å²) in [4.78, 5) is 8.78. The molecule has 0 aliphatic heterocycles. The molecule has 6 nitrogen and oxygen atoms in total. The largest absolute Gasteiger partial charge is 0.366 e. The van der Waals surface area contributed by atoms with Crippen molar-refractivity contribution in [2.75, 3.05) is 23.9 Å². The normalized spacial score (nSPS) is 11.2. The molecule has 7 heteroatoms. The third-order valence-electron chi connectivity index (χ3n) is 3.01. The molecule has 2 aromatic rings. The van der Waals surface area contributed by atoms with Gasteiger partial charge in [-0.1, -0.05) is 12.1 Å². The van der Waals surface area contributed by atoms with E-state index in [0.717, 1.165) is 16.9 Å². The zero-order chi connectivity index (χ0) is 15.5. The first kappa shape index (κ1) is 15.2. The number of sulfone groups is 1. The lowest BCUT2D eigenvalue weighted by Crippen LogP contribution is -2.06. The van der Waals surface area contributed by atoms with Gasteiger partial charge >= 0.3 is 0 Å².